The molecule has 19 heavy (non-hydrogen) atoms. The average Bonchev–Trinajstić information content (AvgIpc) is 2.38. The number of methoxy groups -OCH3 is 1. The van der Waals surface area contributed by atoms with E-state index in [0.29, 0.717) is 23.2 Å². The molecule has 1 aromatic rings. The van der Waals surface area contributed by atoms with Crippen molar-refractivity contribution in [3.05, 3.63) is 29.3 Å². The van der Waals surface area contributed by atoms with Crippen molar-refractivity contribution in [1.29, 1.82) is 0 Å². The second kappa shape index (κ2) is 6.51. The lowest BCUT2D eigenvalue weighted by Crippen LogP contribution is -2.32. The van der Waals surface area contributed by atoms with Crippen molar-refractivity contribution in [3.63, 3.8) is 0 Å². The molecular weight excluding hydrogens is 268 g/mol. The van der Waals surface area contributed by atoms with E-state index in [2.05, 4.69) is 4.74 Å². The summed E-state index contributed by atoms with van der Waals surface area (Å²) in [5, 5.41) is 0. The van der Waals surface area contributed by atoms with Crippen molar-refractivity contribution < 1.29 is 31.8 Å². The molecule has 0 fully saturated rings. The number of aldehydes is 1. The number of benzene rings is 1. The molecule has 1 aromatic carbocycles. The number of hydrogen-bond acceptors (Lipinski definition) is 3. The predicted molar refractivity (Wildman–Crippen MR) is 59.0 cm³/mol. The topological polar surface area (TPSA) is 35.5 Å². The van der Waals surface area contributed by atoms with Gasteiger partial charge in [0, 0.05) is 11.1 Å². The van der Waals surface area contributed by atoms with Crippen LogP contribution in [0.3, 0.4) is 0 Å². The van der Waals surface area contributed by atoms with Crippen LogP contribution < -0.4 is 4.74 Å². The summed E-state index contributed by atoms with van der Waals surface area (Å²) in [6, 6.07) is 4.32. The van der Waals surface area contributed by atoms with Crippen LogP contribution in [0.25, 0.3) is 0 Å². The largest absolute Gasteiger partial charge is 0.496 e. The Labute approximate surface area is 107 Å². The van der Waals surface area contributed by atoms with Gasteiger partial charge in [-0.25, -0.2) is 8.78 Å². The predicted octanol–water partition coefficient (Wildman–Crippen LogP) is 2.92. The Bertz CT molecular complexity index is 435. The Morgan fingerprint density at radius 1 is 1.37 bits per heavy atom. The van der Waals surface area contributed by atoms with E-state index >= 15 is 0 Å². The number of carbonyl (C=O) groups is 1. The van der Waals surface area contributed by atoms with Gasteiger partial charge in [0.05, 0.1) is 13.7 Å². The van der Waals surface area contributed by atoms with Crippen molar-refractivity contribution in [1.82, 2.24) is 0 Å². The molecular formula is C12H12F4O3. The highest BCUT2D eigenvalue weighted by Gasteiger charge is 2.40. The molecule has 0 N–H and O–H groups in total. The summed E-state index contributed by atoms with van der Waals surface area (Å²) in [5.74, 6) is -3.87. The lowest BCUT2D eigenvalue weighted by Gasteiger charge is -2.16. The molecule has 0 unspecified atom stereocenters. The molecule has 0 atom stereocenters. The van der Waals surface area contributed by atoms with Crippen molar-refractivity contribution in [3.8, 4) is 5.75 Å². The Morgan fingerprint density at radius 3 is 2.58 bits per heavy atom. The Hall–Kier alpha value is -1.63. The van der Waals surface area contributed by atoms with Crippen LogP contribution in [0.4, 0.5) is 17.6 Å². The number of rotatable bonds is 7. The van der Waals surface area contributed by atoms with Crippen LogP contribution in [0.5, 0.6) is 5.75 Å². The number of hydrogen-bond donors (Lipinski definition) is 0. The molecule has 7 heteroatoms. The molecule has 0 amide bonds. The Morgan fingerprint density at radius 2 is 2.05 bits per heavy atom. The standard InChI is InChI=1S/C12H12F4O3/c1-18-10-3-2-8(5-17)4-9(10)6-19-7-12(15,16)11(13)14/h2-5,11H,6-7H2,1H3. The lowest BCUT2D eigenvalue weighted by atomic mass is 10.1. The highest BCUT2D eigenvalue weighted by molar-refractivity contribution is 5.75. The Balaban J connectivity index is 2.69. The minimum atomic E-state index is -4.20. The molecule has 0 aliphatic heterocycles. The maximum Gasteiger partial charge on any atom is 0.330 e. The molecule has 0 radical (unpaired) electrons. The summed E-state index contributed by atoms with van der Waals surface area (Å²) < 4.78 is 58.5. The minimum Gasteiger partial charge on any atom is -0.496 e. The van der Waals surface area contributed by atoms with Crippen LogP contribution in [-0.2, 0) is 11.3 Å². The smallest absolute Gasteiger partial charge is 0.330 e. The molecule has 0 saturated heterocycles. The van der Waals surface area contributed by atoms with E-state index < -0.39 is 19.0 Å². The van der Waals surface area contributed by atoms with Gasteiger partial charge in [-0.3, -0.25) is 4.79 Å². The van der Waals surface area contributed by atoms with E-state index in [1.165, 1.54) is 25.3 Å². The summed E-state index contributed by atoms with van der Waals surface area (Å²) in [7, 11) is 1.35. The number of carbonyl (C=O) groups excluding carboxylic acids is 1. The zero-order valence-corrected chi connectivity index (χ0v) is 10.0. The summed E-state index contributed by atoms with van der Waals surface area (Å²) in [6.45, 7) is -1.76. The summed E-state index contributed by atoms with van der Waals surface area (Å²) >= 11 is 0. The first kappa shape index (κ1) is 15.4. The zero-order chi connectivity index (χ0) is 14.5. The van der Waals surface area contributed by atoms with Gasteiger partial charge in [0.2, 0.25) is 0 Å². The zero-order valence-electron chi connectivity index (χ0n) is 10.0. The second-order valence-electron chi connectivity index (χ2n) is 3.74. The molecule has 0 saturated carbocycles. The van der Waals surface area contributed by atoms with E-state index in [9.17, 15) is 22.4 Å². The summed E-state index contributed by atoms with van der Waals surface area (Å²) in [4.78, 5) is 10.6. The third-order valence-electron chi connectivity index (χ3n) is 2.31. The van der Waals surface area contributed by atoms with Crippen molar-refractivity contribution in [2.24, 2.45) is 0 Å². The maximum absolute atomic E-state index is 12.6. The number of alkyl halides is 4. The molecule has 0 spiro atoms. The molecule has 0 aliphatic carbocycles. The van der Waals surface area contributed by atoms with Gasteiger partial charge >= 0.3 is 12.3 Å². The van der Waals surface area contributed by atoms with Crippen LogP contribution in [0.15, 0.2) is 18.2 Å². The van der Waals surface area contributed by atoms with Crippen molar-refractivity contribution in [2.45, 2.75) is 19.0 Å². The molecule has 3 nitrogen and oxygen atoms in total. The number of halogens is 4. The Kier molecular flexibility index (Phi) is 5.29. The fraction of sp³-hybridized carbons (Fsp3) is 0.417. The number of ether oxygens (including phenoxy) is 2. The van der Waals surface area contributed by atoms with Gasteiger partial charge in [-0.2, -0.15) is 8.78 Å². The van der Waals surface area contributed by atoms with Gasteiger partial charge in [0.15, 0.2) is 0 Å². The van der Waals surface area contributed by atoms with Crippen LogP contribution in [0, 0.1) is 0 Å². The molecule has 0 aromatic heterocycles. The molecule has 0 heterocycles. The normalized spacial score (nSPS) is 11.7. The van der Waals surface area contributed by atoms with Crippen molar-refractivity contribution >= 4 is 6.29 Å². The molecule has 0 bridgehead atoms. The second-order valence-corrected chi connectivity index (χ2v) is 3.74. The lowest BCUT2D eigenvalue weighted by molar-refractivity contribution is -0.168. The van der Waals surface area contributed by atoms with E-state index in [4.69, 9.17) is 4.74 Å². The highest BCUT2D eigenvalue weighted by atomic mass is 19.3. The summed E-state index contributed by atoms with van der Waals surface area (Å²) in [6.07, 6.45) is -3.22. The van der Waals surface area contributed by atoms with E-state index in [1.807, 2.05) is 0 Å². The first-order valence-corrected chi connectivity index (χ1v) is 5.26. The van der Waals surface area contributed by atoms with Crippen LogP contribution in [-0.4, -0.2) is 32.4 Å². The van der Waals surface area contributed by atoms with Gasteiger partial charge in [-0.05, 0) is 18.2 Å². The summed E-state index contributed by atoms with van der Waals surface area (Å²) in [5.41, 5.74) is 0.636. The average molecular weight is 280 g/mol. The molecule has 0 aliphatic rings. The first-order valence-electron chi connectivity index (χ1n) is 5.26. The fourth-order valence-electron chi connectivity index (χ4n) is 1.34. The van der Waals surface area contributed by atoms with Crippen LogP contribution in [0.2, 0.25) is 0 Å². The molecule has 106 valence electrons. The SMILES string of the molecule is COc1ccc(C=O)cc1COCC(F)(F)C(F)F. The van der Waals surface area contributed by atoms with E-state index in [1.54, 1.807) is 0 Å². The van der Waals surface area contributed by atoms with Gasteiger partial charge in [-0.15, -0.1) is 0 Å². The van der Waals surface area contributed by atoms with Crippen LogP contribution in [0.1, 0.15) is 15.9 Å². The van der Waals surface area contributed by atoms with Crippen molar-refractivity contribution in [2.75, 3.05) is 13.7 Å². The third kappa shape index (κ3) is 4.20. The highest BCUT2D eigenvalue weighted by Crippen LogP contribution is 2.25. The van der Waals surface area contributed by atoms with E-state index in [0.717, 1.165) is 0 Å². The monoisotopic (exact) mass is 280 g/mol. The van der Waals surface area contributed by atoms with Gasteiger partial charge < -0.3 is 9.47 Å². The van der Waals surface area contributed by atoms with Gasteiger partial charge in [-0.1, -0.05) is 0 Å². The van der Waals surface area contributed by atoms with E-state index in [-0.39, 0.29) is 6.61 Å². The van der Waals surface area contributed by atoms with Crippen LogP contribution >= 0.6 is 0 Å². The maximum atomic E-state index is 12.6. The minimum absolute atomic E-state index is 0.306. The molecule has 1 rings (SSSR count). The third-order valence-corrected chi connectivity index (χ3v) is 2.31. The first-order chi connectivity index (χ1) is 8.90. The fourth-order valence-corrected chi connectivity index (χ4v) is 1.34. The van der Waals surface area contributed by atoms with Gasteiger partial charge in [0.1, 0.15) is 18.6 Å². The quantitative estimate of drug-likeness (QED) is 0.569. The van der Waals surface area contributed by atoms with Gasteiger partial charge in [0.25, 0.3) is 0 Å².